The number of hydrogen-bond donors (Lipinski definition) is 2. The fourth-order valence-corrected chi connectivity index (χ4v) is 4.49. The van der Waals surface area contributed by atoms with Crippen molar-refractivity contribution in [1.82, 2.24) is 15.5 Å². The van der Waals surface area contributed by atoms with Crippen LogP contribution in [0, 0.1) is 0 Å². The van der Waals surface area contributed by atoms with Crippen LogP contribution in [0.4, 0.5) is 10.5 Å². The Morgan fingerprint density at radius 1 is 0.828 bits per heavy atom. The highest BCUT2D eigenvalue weighted by Crippen LogP contribution is 2.19. The topological polar surface area (TPSA) is 47.6 Å². The lowest BCUT2D eigenvalue weighted by Gasteiger charge is -2.35. The molecule has 0 spiro atoms. The number of hydrogen-bond acceptors (Lipinski definition) is 3. The van der Waals surface area contributed by atoms with E-state index in [9.17, 15) is 4.79 Å². The Balaban J connectivity index is 1.20. The number of nitrogens with zero attached hydrogens (tertiary/aromatic N) is 2. The number of para-hydroxylation sites is 1. The highest BCUT2D eigenvalue weighted by Gasteiger charge is 2.24. The molecule has 2 aromatic rings. The van der Waals surface area contributed by atoms with Gasteiger partial charge < -0.3 is 15.5 Å². The minimum absolute atomic E-state index is 0.00489. The average molecular weight is 393 g/mol. The molecular weight excluding hydrogens is 360 g/mol. The molecule has 2 heterocycles. The number of rotatable bonds is 5. The Bertz CT molecular complexity index is 759. The fourth-order valence-electron chi connectivity index (χ4n) is 4.49. The minimum atomic E-state index is -0.00489. The van der Waals surface area contributed by atoms with Crippen LogP contribution >= 0.6 is 0 Å². The van der Waals surface area contributed by atoms with E-state index in [0.717, 1.165) is 58.4 Å². The van der Waals surface area contributed by atoms with Gasteiger partial charge >= 0.3 is 6.03 Å². The van der Waals surface area contributed by atoms with Crippen molar-refractivity contribution >= 4 is 11.7 Å². The molecular formula is C24H32N4O. The van der Waals surface area contributed by atoms with Crippen molar-refractivity contribution in [3.63, 3.8) is 0 Å². The van der Waals surface area contributed by atoms with Crippen molar-refractivity contribution in [2.24, 2.45) is 0 Å². The van der Waals surface area contributed by atoms with E-state index < -0.39 is 0 Å². The van der Waals surface area contributed by atoms with E-state index in [2.05, 4.69) is 75.0 Å². The van der Waals surface area contributed by atoms with Gasteiger partial charge in [-0.05, 0) is 49.9 Å². The van der Waals surface area contributed by atoms with Crippen LogP contribution in [0.2, 0.25) is 0 Å². The molecule has 2 saturated heterocycles. The minimum Gasteiger partial charge on any atom is -0.371 e. The van der Waals surface area contributed by atoms with E-state index in [0.29, 0.717) is 0 Å². The third kappa shape index (κ3) is 5.73. The number of urea groups is 1. The molecule has 0 aromatic heterocycles. The van der Waals surface area contributed by atoms with Gasteiger partial charge in [-0.25, -0.2) is 4.79 Å². The Kier molecular flexibility index (Phi) is 6.67. The number of carbonyl (C=O) groups is 1. The highest BCUT2D eigenvalue weighted by molar-refractivity contribution is 5.74. The maximum atomic E-state index is 12.5. The molecule has 29 heavy (non-hydrogen) atoms. The Hall–Kier alpha value is -2.53. The van der Waals surface area contributed by atoms with Gasteiger partial charge in [0.25, 0.3) is 0 Å². The summed E-state index contributed by atoms with van der Waals surface area (Å²) in [5, 5.41) is 6.43. The molecule has 2 aliphatic rings. The molecule has 1 atom stereocenters. The molecule has 2 aliphatic heterocycles. The monoisotopic (exact) mass is 392 g/mol. The van der Waals surface area contributed by atoms with E-state index >= 15 is 0 Å². The van der Waals surface area contributed by atoms with Crippen LogP contribution in [0.25, 0.3) is 0 Å². The Labute approximate surface area is 174 Å². The number of amides is 2. The van der Waals surface area contributed by atoms with Crippen LogP contribution in [0.1, 0.15) is 31.2 Å². The van der Waals surface area contributed by atoms with Crippen molar-refractivity contribution < 1.29 is 4.79 Å². The van der Waals surface area contributed by atoms with Crippen molar-refractivity contribution in [2.75, 3.05) is 31.1 Å². The van der Waals surface area contributed by atoms with Gasteiger partial charge in [-0.15, -0.1) is 0 Å². The Morgan fingerprint density at radius 3 is 2.21 bits per heavy atom. The smallest absolute Gasteiger partial charge is 0.315 e. The largest absolute Gasteiger partial charge is 0.371 e. The zero-order chi connectivity index (χ0) is 19.9. The lowest BCUT2D eigenvalue weighted by Crippen LogP contribution is -2.53. The molecule has 4 rings (SSSR count). The van der Waals surface area contributed by atoms with Gasteiger partial charge in [-0.3, -0.25) is 4.90 Å². The van der Waals surface area contributed by atoms with E-state index in [-0.39, 0.29) is 18.1 Å². The lowest BCUT2D eigenvalue weighted by atomic mass is 10.0. The van der Waals surface area contributed by atoms with Crippen LogP contribution in [0.5, 0.6) is 0 Å². The molecule has 0 saturated carbocycles. The second-order valence-corrected chi connectivity index (χ2v) is 8.27. The van der Waals surface area contributed by atoms with Crippen molar-refractivity contribution in [1.29, 1.82) is 0 Å². The molecule has 0 aliphatic carbocycles. The number of piperidine rings is 2. The van der Waals surface area contributed by atoms with Gasteiger partial charge in [-0.2, -0.15) is 0 Å². The summed E-state index contributed by atoms with van der Waals surface area (Å²) in [4.78, 5) is 17.4. The first-order valence-corrected chi connectivity index (χ1v) is 10.9. The zero-order valence-electron chi connectivity index (χ0n) is 17.1. The number of likely N-dealkylation sites (tertiary alicyclic amines) is 1. The van der Waals surface area contributed by atoms with Gasteiger partial charge in [-0.1, -0.05) is 48.5 Å². The zero-order valence-corrected chi connectivity index (χ0v) is 17.1. The third-order valence-electron chi connectivity index (χ3n) is 6.04. The lowest BCUT2D eigenvalue weighted by molar-refractivity contribution is 0.178. The van der Waals surface area contributed by atoms with E-state index in [1.165, 1.54) is 11.3 Å². The predicted octanol–water partition coefficient (Wildman–Crippen LogP) is 3.62. The summed E-state index contributed by atoms with van der Waals surface area (Å²) in [6.45, 7) is 4.96. The molecule has 5 heteroatoms. The first kappa shape index (κ1) is 19.8. The number of nitrogens with one attached hydrogen (secondary N) is 2. The Morgan fingerprint density at radius 2 is 1.48 bits per heavy atom. The molecule has 2 aromatic carbocycles. The fraction of sp³-hybridized carbons (Fsp3) is 0.458. The maximum absolute atomic E-state index is 12.5. The number of carbonyl (C=O) groups excluding carboxylic acids is 1. The second kappa shape index (κ2) is 9.79. The normalized spacial score (nSPS) is 21.0. The molecule has 5 nitrogen and oxygen atoms in total. The quantitative estimate of drug-likeness (QED) is 0.817. The van der Waals surface area contributed by atoms with Crippen LogP contribution in [-0.4, -0.2) is 49.2 Å². The first-order valence-electron chi connectivity index (χ1n) is 10.9. The van der Waals surface area contributed by atoms with Crippen molar-refractivity contribution in [2.45, 2.75) is 44.3 Å². The number of anilines is 1. The van der Waals surface area contributed by atoms with Crippen LogP contribution in [0.15, 0.2) is 60.7 Å². The van der Waals surface area contributed by atoms with Gasteiger partial charge in [0.15, 0.2) is 0 Å². The molecule has 2 amide bonds. The SMILES string of the molecule is O=C(NC1CCN(c2ccccc2)CC1)NC1CCCN(Cc2ccccc2)C1. The summed E-state index contributed by atoms with van der Waals surface area (Å²) in [7, 11) is 0. The van der Waals surface area contributed by atoms with Gasteiger partial charge in [0.1, 0.15) is 0 Å². The van der Waals surface area contributed by atoms with Crippen LogP contribution < -0.4 is 15.5 Å². The number of benzene rings is 2. The van der Waals surface area contributed by atoms with Crippen molar-refractivity contribution in [3.8, 4) is 0 Å². The molecule has 154 valence electrons. The summed E-state index contributed by atoms with van der Waals surface area (Å²) in [5.74, 6) is 0. The maximum Gasteiger partial charge on any atom is 0.315 e. The summed E-state index contributed by atoms with van der Waals surface area (Å²) in [5.41, 5.74) is 2.61. The van der Waals surface area contributed by atoms with E-state index in [1.807, 2.05) is 6.07 Å². The summed E-state index contributed by atoms with van der Waals surface area (Å²) in [6, 6.07) is 21.6. The summed E-state index contributed by atoms with van der Waals surface area (Å²) in [6.07, 6.45) is 4.18. The molecule has 1 unspecified atom stereocenters. The standard InChI is InChI=1S/C24H32N4O/c29-24(25-21-13-16-28(17-14-21)23-11-5-2-6-12-23)26-22-10-7-15-27(19-22)18-20-8-3-1-4-9-20/h1-6,8-9,11-12,21-22H,7,10,13-19H2,(H2,25,26,29). The van der Waals surface area contributed by atoms with Crippen molar-refractivity contribution in [3.05, 3.63) is 66.2 Å². The molecule has 0 bridgehead atoms. The highest BCUT2D eigenvalue weighted by atomic mass is 16.2. The summed E-state index contributed by atoms with van der Waals surface area (Å²) < 4.78 is 0. The van der Waals surface area contributed by atoms with Gasteiger partial charge in [0.2, 0.25) is 0 Å². The average Bonchev–Trinajstić information content (AvgIpc) is 2.76. The molecule has 2 N–H and O–H groups in total. The van der Waals surface area contributed by atoms with Gasteiger partial charge in [0.05, 0.1) is 0 Å². The van der Waals surface area contributed by atoms with Crippen LogP contribution in [-0.2, 0) is 6.54 Å². The second-order valence-electron chi connectivity index (χ2n) is 8.27. The molecule has 0 radical (unpaired) electrons. The van der Waals surface area contributed by atoms with E-state index in [1.54, 1.807) is 0 Å². The van der Waals surface area contributed by atoms with Gasteiger partial charge in [0, 0.05) is 44.0 Å². The molecule has 2 fully saturated rings. The predicted molar refractivity (Wildman–Crippen MR) is 118 cm³/mol. The third-order valence-corrected chi connectivity index (χ3v) is 6.04. The summed E-state index contributed by atoms with van der Waals surface area (Å²) >= 11 is 0. The first-order chi connectivity index (χ1) is 14.3. The van der Waals surface area contributed by atoms with Crippen LogP contribution in [0.3, 0.4) is 0 Å². The van der Waals surface area contributed by atoms with E-state index in [4.69, 9.17) is 0 Å².